The topological polar surface area (TPSA) is 75.3 Å². The van der Waals surface area contributed by atoms with Gasteiger partial charge in [-0.2, -0.15) is 0 Å². The highest BCUT2D eigenvalue weighted by Crippen LogP contribution is 2.32. The van der Waals surface area contributed by atoms with E-state index in [9.17, 15) is 13.2 Å². The van der Waals surface area contributed by atoms with Crippen LogP contribution in [0.5, 0.6) is 0 Å². The van der Waals surface area contributed by atoms with Gasteiger partial charge in [-0.15, -0.1) is 0 Å². The average Bonchev–Trinajstić information content (AvgIpc) is 3.42. The zero-order valence-corrected chi connectivity index (χ0v) is 15.3. The molecular weight excluding hydrogens is 360 g/mol. The van der Waals surface area contributed by atoms with Crippen LogP contribution in [0.15, 0.2) is 53.4 Å². The molecule has 0 heterocycles. The van der Waals surface area contributed by atoms with Gasteiger partial charge in [0.15, 0.2) is 0 Å². The number of amides is 1. The van der Waals surface area contributed by atoms with E-state index in [0.717, 1.165) is 12.8 Å². The lowest BCUT2D eigenvalue weighted by atomic mass is 10.1. The minimum atomic E-state index is -3.72. The molecule has 1 fully saturated rings. The van der Waals surface area contributed by atoms with Gasteiger partial charge >= 0.3 is 0 Å². The van der Waals surface area contributed by atoms with Crippen LogP contribution in [0, 0.1) is 5.92 Å². The van der Waals surface area contributed by atoms with Gasteiger partial charge in [0.2, 0.25) is 0 Å². The molecule has 2 aromatic rings. The largest absolute Gasteiger partial charge is 0.349 e. The Balaban J connectivity index is 1.69. The van der Waals surface area contributed by atoms with Gasteiger partial charge in [-0.1, -0.05) is 11.6 Å². The SMILES string of the molecule is C[C@H](NC(=O)c1ccc(S(=O)(=O)Nc2ccc(Cl)cc2)cc1)C1CC1. The van der Waals surface area contributed by atoms with E-state index in [0.29, 0.717) is 22.2 Å². The highest BCUT2D eigenvalue weighted by atomic mass is 35.5. The van der Waals surface area contributed by atoms with Gasteiger partial charge in [0.25, 0.3) is 15.9 Å². The summed E-state index contributed by atoms with van der Waals surface area (Å²) in [4.78, 5) is 12.3. The third-order valence-electron chi connectivity index (χ3n) is 4.21. The van der Waals surface area contributed by atoms with Crippen molar-refractivity contribution in [1.82, 2.24) is 5.32 Å². The van der Waals surface area contributed by atoms with E-state index >= 15 is 0 Å². The number of hydrogen-bond donors (Lipinski definition) is 2. The Morgan fingerprint density at radius 3 is 2.24 bits per heavy atom. The summed E-state index contributed by atoms with van der Waals surface area (Å²) in [6, 6.07) is 12.4. The van der Waals surface area contributed by atoms with Crippen molar-refractivity contribution in [1.29, 1.82) is 0 Å². The second-order valence-electron chi connectivity index (χ2n) is 6.24. The molecule has 5 nitrogen and oxygen atoms in total. The number of carbonyl (C=O) groups is 1. The first-order valence-electron chi connectivity index (χ1n) is 8.04. The van der Waals surface area contributed by atoms with Crippen molar-refractivity contribution in [2.24, 2.45) is 5.92 Å². The maximum atomic E-state index is 12.4. The standard InChI is InChI=1S/C18H19ClN2O3S/c1-12(13-2-3-13)20-18(22)14-4-10-17(11-5-14)25(23,24)21-16-8-6-15(19)7-9-16/h4-13,21H,2-3H2,1H3,(H,20,22)/t12-/m0/s1. The van der Waals surface area contributed by atoms with Gasteiger partial charge in [-0.25, -0.2) is 8.42 Å². The summed E-state index contributed by atoms with van der Waals surface area (Å²) in [7, 11) is -3.72. The van der Waals surface area contributed by atoms with Crippen LogP contribution in [-0.2, 0) is 10.0 Å². The summed E-state index contributed by atoms with van der Waals surface area (Å²) in [5.74, 6) is 0.376. The monoisotopic (exact) mass is 378 g/mol. The highest BCUT2D eigenvalue weighted by molar-refractivity contribution is 7.92. The van der Waals surface area contributed by atoms with Crippen molar-refractivity contribution < 1.29 is 13.2 Å². The number of rotatable bonds is 6. The fraction of sp³-hybridized carbons (Fsp3) is 0.278. The molecule has 0 unspecified atom stereocenters. The molecule has 132 valence electrons. The van der Waals surface area contributed by atoms with Gasteiger partial charge in [-0.05, 0) is 74.2 Å². The molecule has 3 rings (SSSR count). The summed E-state index contributed by atoms with van der Waals surface area (Å²) in [5, 5.41) is 3.47. The molecule has 0 radical (unpaired) electrons. The Morgan fingerprint density at radius 2 is 1.68 bits per heavy atom. The van der Waals surface area contributed by atoms with E-state index in [-0.39, 0.29) is 16.8 Å². The van der Waals surface area contributed by atoms with E-state index in [1.165, 1.54) is 24.3 Å². The molecule has 1 aliphatic carbocycles. The van der Waals surface area contributed by atoms with E-state index < -0.39 is 10.0 Å². The second kappa shape index (κ2) is 7.06. The maximum absolute atomic E-state index is 12.4. The molecule has 2 aromatic carbocycles. The lowest BCUT2D eigenvalue weighted by Gasteiger charge is -2.13. The van der Waals surface area contributed by atoms with Crippen LogP contribution in [0.2, 0.25) is 5.02 Å². The fourth-order valence-corrected chi connectivity index (χ4v) is 3.71. The summed E-state index contributed by atoms with van der Waals surface area (Å²) < 4.78 is 27.3. The smallest absolute Gasteiger partial charge is 0.261 e. The number of anilines is 1. The normalized spacial score (nSPS) is 15.4. The Kier molecular flexibility index (Phi) is 5.01. The van der Waals surface area contributed by atoms with Crippen LogP contribution < -0.4 is 10.0 Å². The van der Waals surface area contributed by atoms with E-state index in [1.807, 2.05) is 6.92 Å². The summed E-state index contributed by atoms with van der Waals surface area (Å²) in [6.45, 7) is 1.99. The van der Waals surface area contributed by atoms with Crippen LogP contribution in [-0.4, -0.2) is 20.4 Å². The first kappa shape index (κ1) is 17.8. The molecule has 7 heteroatoms. The zero-order valence-electron chi connectivity index (χ0n) is 13.7. The molecule has 1 aliphatic rings. The number of halogens is 1. The van der Waals surface area contributed by atoms with Crippen LogP contribution in [0.3, 0.4) is 0 Å². The third kappa shape index (κ3) is 4.52. The predicted octanol–water partition coefficient (Wildman–Crippen LogP) is 3.67. The van der Waals surface area contributed by atoms with Crippen molar-refractivity contribution in [2.45, 2.75) is 30.7 Å². The van der Waals surface area contributed by atoms with Crippen LogP contribution in [0.25, 0.3) is 0 Å². The predicted molar refractivity (Wildman–Crippen MR) is 98.4 cm³/mol. The minimum Gasteiger partial charge on any atom is -0.349 e. The number of hydrogen-bond acceptors (Lipinski definition) is 3. The van der Waals surface area contributed by atoms with Crippen LogP contribution in [0.1, 0.15) is 30.1 Å². The van der Waals surface area contributed by atoms with Gasteiger partial charge in [-0.3, -0.25) is 9.52 Å². The van der Waals surface area contributed by atoms with Crippen molar-refractivity contribution in [3.8, 4) is 0 Å². The summed E-state index contributed by atoms with van der Waals surface area (Å²) in [5.41, 5.74) is 0.863. The number of sulfonamides is 1. The summed E-state index contributed by atoms with van der Waals surface area (Å²) in [6.07, 6.45) is 2.30. The summed E-state index contributed by atoms with van der Waals surface area (Å²) >= 11 is 5.79. The molecule has 0 spiro atoms. The Hall–Kier alpha value is -2.05. The van der Waals surface area contributed by atoms with Crippen molar-refractivity contribution in [3.05, 3.63) is 59.1 Å². The maximum Gasteiger partial charge on any atom is 0.261 e. The second-order valence-corrected chi connectivity index (χ2v) is 8.36. The molecule has 25 heavy (non-hydrogen) atoms. The van der Waals surface area contributed by atoms with Gasteiger partial charge < -0.3 is 5.32 Å². The molecule has 0 aliphatic heterocycles. The third-order valence-corrected chi connectivity index (χ3v) is 5.86. The first-order chi connectivity index (χ1) is 11.8. The molecule has 1 amide bonds. The van der Waals surface area contributed by atoms with Gasteiger partial charge in [0, 0.05) is 22.3 Å². The van der Waals surface area contributed by atoms with E-state index in [4.69, 9.17) is 11.6 Å². The van der Waals surface area contributed by atoms with Crippen molar-refractivity contribution in [2.75, 3.05) is 4.72 Å². The van der Waals surface area contributed by atoms with E-state index in [2.05, 4.69) is 10.0 Å². The number of carbonyl (C=O) groups excluding carboxylic acids is 1. The lowest BCUT2D eigenvalue weighted by Crippen LogP contribution is -2.33. The first-order valence-corrected chi connectivity index (χ1v) is 9.90. The van der Waals surface area contributed by atoms with E-state index in [1.54, 1.807) is 24.3 Å². The van der Waals surface area contributed by atoms with Gasteiger partial charge in [0.1, 0.15) is 0 Å². The molecule has 1 saturated carbocycles. The van der Waals surface area contributed by atoms with Gasteiger partial charge in [0.05, 0.1) is 4.90 Å². The number of benzene rings is 2. The molecular formula is C18H19ClN2O3S. The molecule has 0 saturated heterocycles. The average molecular weight is 379 g/mol. The van der Waals surface area contributed by atoms with Crippen LogP contribution in [0.4, 0.5) is 5.69 Å². The fourth-order valence-electron chi connectivity index (χ4n) is 2.52. The molecule has 0 aromatic heterocycles. The number of nitrogens with one attached hydrogen (secondary N) is 2. The lowest BCUT2D eigenvalue weighted by molar-refractivity contribution is 0.0935. The Bertz CT molecular complexity index is 860. The van der Waals surface area contributed by atoms with Crippen molar-refractivity contribution >= 4 is 33.2 Å². The molecule has 0 bridgehead atoms. The van der Waals surface area contributed by atoms with Crippen molar-refractivity contribution in [3.63, 3.8) is 0 Å². The molecule has 2 N–H and O–H groups in total. The Labute approximate surface area is 152 Å². The zero-order chi connectivity index (χ0) is 18.0. The van der Waals surface area contributed by atoms with Crippen LogP contribution >= 0.6 is 11.6 Å². The molecule has 1 atom stereocenters. The highest BCUT2D eigenvalue weighted by Gasteiger charge is 2.29. The minimum absolute atomic E-state index is 0.0919. The quantitative estimate of drug-likeness (QED) is 0.805. The Morgan fingerprint density at radius 1 is 1.08 bits per heavy atom.